The summed E-state index contributed by atoms with van der Waals surface area (Å²) in [6.45, 7) is 6.10. The number of carbonyl (C=O) groups is 2. The molecular weight excluding hydrogens is 519 g/mol. The van der Waals surface area contributed by atoms with Crippen LogP contribution in [0.15, 0.2) is 72.9 Å². The Morgan fingerprint density at radius 2 is 1.68 bits per heavy atom. The first kappa shape index (κ1) is 29.1. The largest absolute Gasteiger partial charge is 0.296 e. The van der Waals surface area contributed by atoms with Crippen molar-refractivity contribution in [3.05, 3.63) is 107 Å². The number of aromatic nitrogens is 3. The number of hydrogen-bond donors (Lipinski definition) is 0. The standard InChI is InChI=1S/C29H27FN4O2.2H2S/c1-4-33-28-26(19(3)32-34(28)23-8-6-5-7-9-23)27(20-10-12-22(30)13-11-20)24(29(33)36)17-25(35)21-14-15-31-18(2)16-21;;/h5-16,24,27H,4,17H2,1-3H3;2*1H2/t24-,27+;;/m0../s1. The van der Waals surface area contributed by atoms with E-state index in [0.29, 0.717) is 17.9 Å². The van der Waals surface area contributed by atoms with Gasteiger partial charge in [-0.25, -0.2) is 9.07 Å². The van der Waals surface area contributed by atoms with Crippen LogP contribution < -0.4 is 4.90 Å². The number of rotatable bonds is 6. The summed E-state index contributed by atoms with van der Waals surface area (Å²) in [6, 6.07) is 19.3. The van der Waals surface area contributed by atoms with Crippen molar-refractivity contribution in [2.45, 2.75) is 33.1 Å². The minimum Gasteiger partial charge on any atom is -0.296 e. The first-order chi connectivity index (χ1) is 17.4. The zero-order chi connectivity index (χ0) is 25.4. The predicted octanol–water partition coefficient (Wildman–Crippen LogP) is 5.64. The van der Waals surface area contributed by atoms with E-state index in [9.17, 15) is 14.0 Å². The van der Waals surface area contributed by atoms with Gasteiger partial charge < -0.3 is 0 Å². The molecule has 2 atom stereocenters. The molecule has 1 amide bonds. The minimum atomic E-state index is -0.656. The summed E-state index contributed by atoms with van der Waals surface area (Å²) in [7, 11) is 0. The second-order valence-electron chi connectivity index (χ2n) is 9.10. The predicted molar refractivity (Wildman–Crippen MR) is 157 cm³/mol. The molecule has 198 valence electrons. The smallest absolute Gasteiger partial charge is 0.232 e. The molecule has 6 nitrogen and oxygen atoms in total. The Kier molecular flexibility index (Phi) is 9.17. The normalized spacial score (nSPS) is 16.3. The summed E-state index contributed by atoms with van der Waals surface area (Å²) < 4.78 is 15.7. The van der Waals surface area contributed by atoms with Crippen LogP contribution >= 0.6 is 27.0 Å². The molecule has 1 aliphatic rings. The number of fused-ring (bicyclic) bond motifs is 1. The van der Waals surface area contributed by atoms with E-state index < -0.39 is 11.8 Å². The number of halogens is 1. The number of hydrogen-bond acceptors (Lipinski definition) is 4. The Morgan fingerprint density at radius 3 is 2.32 bits per heavy atom. The van der Waals surface area contributed by atoms with Crippen molar-refractivity contribution in [2.75, 3.05) is 11.4 Å². The fourth-order valence-electron chi connectivity index (χ4n) is 5.16. The van der Waals surface area contributed by atoms with Crippen LogP contribution in [0.2, 0.25) is 0 Å². The molecule has 5 rings (SSSR count). The Balaban J connectivity index is 0.00000200. The lowest BCUT2D eigenvalue weighted by Crippen LogP contribution is -2.45. The molecule has 0 aliphatic carbocycles. The van der Waals surface area contributed by atoms with E-state index in [1.165, 1.54) is 12.1 Å². The summed E-state index contributed by atoms with van der Waals surface area (Å²) in [5.74, 6) is -1.03. The molecule has 0 fully saturated rings. The van der Waals surface area contributed by atoms with Gasteiger partial charge in [0.05, 0.1) is 17.3 Å². The summed E-state index contributed by atoms with van der Waals surface area (Å²) in [6.07, 6.45) is 1.63. The lowest BCUT2D eigenvalue weighted by Gasteiger charge is -2.38. The number of anilines is 1. The van der Waals surface area contributed by atoms with Crippen molar-refractivity contribution < 1.29 is 14.0 Å². The molecule has 0 radical (unpaired) electrons. The highest BCUT2D eigenvalue weighted by molar-refractivity contribution is 7.59. The molecule has 0 spiro atoms. The zero-order valence-corrected chi connectivity index (χ0v) is 23.5. The van der Waals surface area contributed by atoms with Crippen LogP contribution in [0, 0.1) is 25.6 Å². The number of ketones is 1. The maximum Gasteiger partial charge on any atom is 0.232 e. The Hall–Kier alpha value is -3.43. The minimum absolute atomic E-state index is 0. The number of aryl methyl sites for hydroxylation is 2. The van der Waals surface area contributed by atoms with Gasteiger partial charge in [-0.05, 0) is 62.7 Å². The van der Waals surface area contributed by atoms with Crippen LogP contribution in [0.1, 0.15) is 52.1 Å². The molecule has 0 bridgehead atoms. The topological polar surface area (TPSA) is 68.1 Å². The molecule has 0 saturated heterocycles. The molecule has 2 aromatic carbocycles. The highest BCUT2D eigenvalue weighted by Gasteiger charge is 2.45. The number of Topliss-reactive ketones (excluding diaryl/α,β-unsaturated/α-hetero) is 1. The SMILES string of the molecule is CCN1C(=O)[C@@H](CC(=O)c2ccnc(C)c2)[C@@H](c2ccc(F)cc2)c2c(C)nn(-c3ccccc3)c21.S.S. The number of amides is 1. The van der Waals surface area contributed by atoms with Gasteiger partial charge in [0.15, 0.2) is 5.78 Å². The third kappa shape index (κ3) is 5.26. The van der Waals surface area contributed by atoms with Crippen molar-refractivity contribution in [1.82, 2.24) is 14.8 Å². The number of benzene rings is 2. The fourth-order valence-corrected chi connectivity index (χ4v) is 5.16. The first-order valence-corrected chi connectivity index (χ1v) is 12.1. The maximum absolute atomic E-state index is 14.0. The Labute approximate surface area is 235 Å². The van der Waals surface area contributed by atoms with Gasteiger partial charge in [-0.1, -0.05) is 30.3 Å². The van der Waals surface area contributed by atoms with Gasteiger partial charge in [0.25, 0.3) is 0 Å². The van der Waals surface area contributed by atoms with E-state index >= 15 is 0 Å². The van der Waals surface area contributed by atoms with Gasteiger partial charge in [0.1, 0.15) is 11.6 Å². The number of nitrogens with zero attached hydrogens (tertiary/aromatic N) is 4. The van der Waals surface area contributed by atoms with Crippen LogP contribution in [0.3, 0.4) is 0 Å². The molecule has 0 N–H and O–H groups in total. The van der Waals surface area contributed by atoms with E-state index in [-0.39, 0.29) is 50.9 Å². The molecular formula is C29H31FN4O2S2. The Bertz CT molecular complexity index is 1440. The summed E-state index contributed by atoms with van der Waals surface area (Å²) in [4.78, 5) is 33.3. The van der Waals surface area contributed by atoms with Gasteiger partial charge in [0.2, 0.25) is 5.91 Å². The molecule has 0 unspecified atom stereocenters. The second kappa shape index (κ2) is 12.0. The van der Waals surface area contributed by atoms with Gasteiger partial charge in [-0.2, -0.15) is 32.1 Å². The first-order valence-electron chi connectivity index (χ1n) is 12.1. The van der Waals surface area contributed by atoms with Crippen molar-refractivity contribution in [1.29, 1.82) is 0 Å². The third-order valence-electron chi connectivity index (χ3n) is 6.80. The van der Waals surface area contributed by atoms with Crippen molar-refractivity contribution in [3.63, 3.8) is 0 Å². The van der Waals surface area contributed by atoms with Gasteiger partial charge in [-0.3, -0.25) is 19.5 Å². The van der Waals surface area contributed by atoms with Crippen LogP contribution in [0.25, 0.3) is 5.69 Å². The van der Waals surface area contributed by atoms with E-state index in [1.807, 2.05) is 51.1 Å². The monoisotopic (exact) mass is 550 g/mol. The van der Waals surface area contributed by atoms with Gasteiger partial charge >= 0.3 is 0 Å². The van der Waals surface area contributed by atoms with Crippen LogP contribution in [-0.2, 0) is 4.79 Å². The van der Waals surface area contributed by atoms with E-state index in [2.05, 4.69) is 4.98 Å². The average molecular weight is 551 g/mol. The highest BCUT2D eigenvalue weighted by Crippen LogP contribution is 2.47. The highest BCUT2D eigenvalue weighted by atomic mass is 32.1. The van der Waals surface area contributed by atoms with E-state index in [4.69, 9.17) is 5.10 Å². The molecule has 9 heteroatoms. The van der Waals surface area contributed by atoms with Gasteiger partial charge in [-0.15, -0.1) is 0 Å². The average Bonchev–Trinajstić information content (AvgIpc) is 3.22. The lowest BCUT2D eigenvalue weighted by molar-refractivity contribution is -0.123. The van der Waals surface area contributed by atoms with Crippen molar-refractivity contribution >= 4 is 44.5 Å². The lowest BCUT2D eigenvalue weighted by atomic mass is 9.74. The second-order valence-corrected chi connectivity index (χ2v) is 9.10. The molecule has 0 saturated carbocycles. The van der Waals surface area contributed by atoms with E-state index in [0.717, 1.165) is 28.2 Å². The number of carbonyl (C=O) groups excluding carboxylic acids is 2. The molecule has 4 aromatic rings. The number of pyridine rings is 1. The van der Waals surface area contributed by atoms with Crippen LogP contribution in [-0.4, -0.2) is 33.0 Å². The van der Waals surface area contributed by atoms with Crippen LogP contribution in [0.5, 0.6) is 0 Å². The maximum atomic E-state index is 14.0. The summed E-state index contributed by atoms with van der Waals surface area (Å²) in [5, 5.41) is 4.83. The van der Waals surface area contributed by atoms with Crippen molar-refractivity contribution in [2.24, 2.45) is 5.92 Å². The fraction of sp³-hybridized carbons (Fsp3) is 0.241. The molecule has 3 heterocycles. The third-order valence-corrected chi connectivity index (χ3v) is 6.80. The quantitative estimate of drug-likeness (QED) is 0.292. The molecule has 2 aromatic heterocycles. The zero-order valence-electron chi connectivity index (χ0n) is 21.5. The van der Waals surface area contributed by atoms with Gasteiger partial charge in [0, 0.05) is 41.9 Å². The van der Waals surface area contributed by atoms with E-state index in [1.54, 1.807) is 40.0 Å². The Morgan fingerprint density at radius 1 is 1.00 bits per heavy atom. The number of para-hydroxylation sites is 1. The molecule has 38 heavy (non-hydrogen) atoms. The van der Waals surface area contributed by atoms with Crippen molar-refractivity contribution in [3.8, 4) is 5.69 Å². The van der Waals surface area contributed by atoms with Crippen LogP contribution in [0.4, 0.5) is 10.2 Å². The molecule has 1 aliphatic heterocycles. The summed E-state index contributed by atoms with van der Waals surface area (Å²) in [5.41, 5.74) is 4.54. The summed E-state index contributed by atoms with van der Waals surface area (Å²) >= 11 is 0.